The number of halogens is 2. The minimum Gasteiger partial charge on any atom is -0.494 e. The van der Waals surface area contributed by atoms with Gasteiger partial charge in [-0.3, -0.25) is 0 Å². The number of fused-ring (bicyclic) bond motifs is 1. The minimum absolute atomic E-state index is 0.155. The highest BCUT2D eigenvalue weighted by atomic mass is 35.5. The molecule has 2 nitrogen and oxygen atoms in total. The molecule has 2 aromatic carbocycles. The number of aromatic nitrogens is 1. The molecule has 0 saturated heterocycles. The third kappa shape index (κ3) is 2.88. The molecule has 4 heteroatoms. The Kier molecular flexibility index (Phi) is 3.84. The lowest BCUT2D eigenvalue weighted by atomic mass is 10.2. The van der Waals surface area contributed by atoms with Gasteiger partial charge in [-0.15, -0.1) is 0 Å². The first-order chi connectivity index (χ1) is 10.2. The molecule has 0 fully saturated rings. The van der Waals surface area contributed by atoms with Crippen LogP contribution < -0.4 is 4.74 Å². The molecule has 0 aliphatic rings. The van der Waals surface area contributed by atoms with Gasteiger partial charge in [-0.2, -0.15) is 0 Å². The molecule has 0 aliphatic heterocycles. The van der Waals surface area contributed by atoms with Crippen molar-refractivity contribution in [2.75, 3.05) is 6.61 Å². The number of ether oxygens (including phenoxy) is 1. The average Bonchev–Trinajstić information content (AvgIpc) is 2.86. The summed E-state index contributed by atoms with van der Waals surface area (Å²) in [5.74, 6) is 0.478. The van der Waals surface area contributed by atoms with Crippen LogP contribution in [0.25, 0.3) is 10.9 Å². The lowest BCUT2D eigenvalue weighted by molar-refractivity contribution is 0.340. The lowest BCUT2D eigenvalue weighted by Gasteiger charge is -2.08. The standard InChI is InChI=1S/C17H15ClFNO/c1-2-21-14-4-6-17-13(10-14)7-8-20(17)11-12-3-5-16(19)15(18)9-12/h3-10H,2,11H2,1H3. The molecular formula is C17H15ClFNO. The Morgan fingerprint density at radius 1 is 1.14 bits per heavy atom. The first-order valence-corrected chi connectivity index (χ1v) is 7.21. The van der Waals surface area contributed by atoms with Gasteiger partial charge in [0.2, 0.25) is 0 Å². The largest absolute Gasteiger partial charge is 0.494 e. The van der Waals surface area contributed by atoms with E-state index in [9.17, 15) is 4.39 Å². The van der Waals surface area contributed by atoms with Crippen molar-refractivity contribution in [3.05, 3.63) is 65.1 Å². The molecule has 0 N–H and O–H groups in total. The molecule has 21 heavy (non-hydrogen) atoms. The van der Waals surface area contributed by atoms with E-state index in [0.717, 1.165) is 22.2 Å². The highest BCUT2D eigenvalue weighted by Crippen LogP contribution is 2.24. The highest BCUT2D eigenvalue weighted by molar-refractivity contribution is 6.30. The van der Waals surface area contributed by atoms with Crippen molar-refractivity contribution in [2.45, 2.75) is 13.5 Å². The predicted molar refractivity (Wildman–Crippen MR) is 83.6 cm³/mol. The van der Waals surface area contributed by atoms with Crippen LogP contribution in [0.5, 0.6) is 5.75 Å². The van der Waals surface area contributed by atoms with E-state index in [1.807, 2.05) is 37.4 Å². The van der Waals surface area contributed by atoms with Gasteiger partial charge in [0.25, 0.3) is 0 Å². The molecule has 0 aliphatic carbocycles. The summed E-state index contributed by atoms with van der Waals surface area (Å²) in [5.41, 5.74) is 2.08. The van der Waals surface area contributed by atoms with Crippen LogP contribution >= 0.6 is 11.6 Å². The normalized spacial score (nSPS) is 11.0. The first-order valence-electron chi connectivity index (χ1n) is 6.83. The molecule has 0 amide bonds. The molecule has 1 heterocycles. The van der Waals surface area contributed by atoms with E-state index in [2.05, 4.69) is 4.57 Å². The Labute approximate surface area is 127 Å². The van der Waals surface area contributed by atoms with Crippen LogP contribution in [-0.2, 0) is 6.54 Å². The van der Waals surface area contributed by atoms with Crippen LogP contribution in [0.3, 0.4) is 0 Å². The highest BCUT2D eigenvalue weighted by Gasteiger charge is 2.05. The molecule has 3 rings (SSSR count). The Balaban J connectivity index is 1.91. The van der Waals surface area contributed by atoms with E-state index < -0.39 is 0 Å². The molecule has 108 valence electrons. The van der Waals surface area contributed by atoms with Crippen LogP contribution in [0.1, 0.15) is 12.5 Å². The van der Waals surface area contributed by atoms with E-state index in [4.69, 9.17) is 16.3 Å². The molecule has 1 aromatic heterocycles. The van der Waals surface area contributed by atoms with E-state index in [0.29, 0.717) is 13.2 Å². The summed E-state index contributed by atoms with van der Waals surface area (Å²) in [7, 11) is 0. The Hall–Kier alpha value is -2.00. The van der Waals surface area contributed by atoms with Crippen molar-refractivity contribution in [3.63, 3.8) is 0 Å². The van der Waals surface area contributed by atoms with Gasteiger partial charge in [0.1, 0.15) is 11.6 Å². The van der Waals surface area contributed by atoms with E-state index >= 15 is 0 Å². The summed E-state index contributed by atoms with van der Waals surface area (Å²) in [5, 5.41) is 1.27. The SMILES string of the molecule is CCOc1ccc2c(ccn2Cc2ccc(F)c(Cl)c2)c1. The van der Waals surface area contributed by atoms with Crippen LogP contribution in [-0.4, -0.2) is 11.2 Å². The van der Waals surface area contributed by atoms with E-state index in [1.165, 1.54) is 6.07 Å². The maximum Gasteiger partial charge on any atom is 0.141 e. The Morgan fingerprint density at radius 2 is 2.00 bits per heavy atom. The third-order valence-corrected chi connectivity index (χ3v) is 3.68. The fourth-order valence-corrected chi connectivity index (χ4v) is 2.61. The number of rotatable bonds is 4. The minimum atomic E-state index is -0.390. The Morgan fingerprint density at radius 3 is 2.76 bits per heavy atom. The summed E-state index contributed by atoms with van der Waals surface area (Å²) < 4.78 is 20.8. The maximum absolute atomic E-state index is 13.2. The molecular weight excluding hydrogens is 289 g/mol. The van der Waals surface area contributed by atoms with Gasteiger partial charge in [-0.25, -0.2) is 4.39 Å². The second kappa shape index (κ2) is 5.78. The molecule has 0 spiro atoms. The van der Waals surface area contributed by atoms with Crippen LogP contribution in [0.2, 0.25) is 5.02 Å². The fourth-order valence-electron chi connectivity index (χ4n) is 2.41. The summed E-state index contributed by atoms with van der Waals surface area (Å²) in [6, 6.07) is 12.9. The van der Waals surface area contributed by atoms with Crippen molar-refractivity contribution in [3.8, 4) is 5.75 Å². The first kappa shape index (κ1) is 14.0. The van der Waals surface area contributed by atoms with Crippen molar-refractivity contribution in [2.24, 2.45) is 0 Å². The van der Waals surface area contributed by atoms with Gasteiger partial charge in [0.05, 0.1) is 11.6 Å². The quantitative estimate of drug-likeness (QED) is 0.670. The van der Waals surface area contributed by atoms with Gasteiger partial charge >= 0.3 is 0 Å². The van der Waals surface area contributed by atoms with E-state index in [-0.39, 0.29) is 10.8 Å². The lowest BCUT2D eigenvalue weighted by Crippen LogP contribution is -1.98. The molecule has 0 radical (unpaired) electrons. The summed E-state index contributed by atoms with van der Waals surface area (Å²) >= 11 is 5.83. The van der Waals surface area contributed by atoms with Gasteiger partial charge < -0.3 is 9.30 Å². The topological polar surface area (TPSA) is 14.2 Å². The van der Waals surface area contributed by atoms with Gasteiger partial charge in [-0.05, 0) is 48.9 Å². The molecule has 0 bridgehead atoms. The monoisotopic (exact) mass is 303 g/mol. The van der Waals surface area contributed by atoms with Crippen LogP contribution in [0.4, 0.5) is 4.39 Å². The van der Waals surface area contributed by atoms with Crippen LogP contribution in [0.15, 0.2) is 48.7 Å². The van der Waals surface area contributed by atoms with Crippen molar-refractivity contribution < 1.29 is 9.13 Å². The maximum atomic E-state index is 13.2. The molecule has 0 unspecified atom stereocenters. The predicted octanol–water partition coefficient (Wildman–Crippen LogP) is 4.88. The fraction of sp³-hybridized carbons (Fsp3) is 0.176. The molecule has 3 aromatic rings. The summed E-state index contributed by atoms with van der Waals surface area (Å²) in [6.45, 7) is 3.27. The molecule has 0 saturated carbocycles. The summed E-state index contributed by atoms with van der Waals surface area (Å²) in [4.78, 5) is 0. The van der Waals surface area contributed by atoms with Gasteiger partial charge in [0.15, 0.2) is 0 Å². The van der Waals surface area contributed by atoms with Gasteiger partial charge in [-0.1, -0.05) is 17.7 Å². The summed E-state index contributed by atoms with van der Waals surface area (Å²) in [6.07, 6.45) is 2.01. The van der Waals surface area contributed by atoms with Crippen molar-refractivity contribution in [1.29, 1.82) is 0 Å². The third-order valence-electron chi connectivity index (χ3n) is 3.39. The second-order valence-electron chi connectivity index (χ2n) is 4.85. The molecule has 0 atom stereocenters. The second-order valence-corrected chi connectivity index (χ2v) is 5.25. The zero-order chi connectivity index (χ0) is 14.8. The Bertz CT molecular complexity index is 782. The number of benzene rings is 2. The smallest absolute Gasteiger partial charge is 0.141 e. The average molecular weight is 304 g/mol. The van der Waals surface area contributed by atoms with Crippen LogP contribution in [0, 0.1) is 5.82 Å². The number of hydrogen-bond acceptors (Lipinski definition) is 1. The van der Waals surface area contributed by atoms with Crippen molar-refractivity contribution in [1.82, 2.24) is 4.57 Å². The zero-order valence-corrected chi connectivity index (χ0v) is 12.4. The van der Waals surface area contributed by atoms with Crippen molar-refractivity contribution >= 4 is 22.5 Å². The number of nitrogens with zero attached hydrogens (tertiary/aromatic N) is 1. The van der Waals surface area contributed by atoms with Gasteiger partial charge in [0, 0.05) is 23.6 Å². The zero-order valence-electron chi connectivity index (χ0n) is 11.6. The van der Waals surface area contributed by atoms with E-state index in [1.54, 1.807) is 12.1 Å². The number of hydrogen-bond donors (Lipinski definition) is 0.